The number of hydrogen-bond acceptors (Lipinski definition) is 4. The van der Waals surface area contributed by atoms with Crippen molar-refractivity contribution in [2.45, 2.75) is 53.2 Å². The van der Waals surface area contributed by atoms with Gasteiger partial charge in [0.15, 0.2) is 0 Å². The second-order valence-electron chi connectivity index (χ2n) is 9.19. The Morgan fingerprint density at radius 3 is 2.48 bits per heavy atom. The zero-order valence-corrected chi connectivity index (χ0v) is 18.4. The number of anilines is 1. The molecule has 1 N–H and O–H groups in total. The average molecular weight is 414 g/mol. The lowest BCUT2D eigenvalue weighted by atomic mass is 9.82. The van der Waals surface area contributed by atoms with Gasteiger partial charge in [0.05, 0.1) is 15.9 Å². The number of pyridine rings is 1. The summed E-state index contributed by atoms with van der Waals surface area (Å²) in [4.78, 5) is 17.2. The second kappa shape index (κ2) is 8.07. The van der Waals surface area contributed by atoms with Gasteiger partial charge in [-0.05, 0) is 37.3 Å². The molecular formula is C23H28ClN3O2. The Kier molecular flexibility index (Phi) is 5.90. The van der Waals surface area contributed by atoms with Crippen molar-refractivity contribution in [1.29, 1.82) is 0 Å². The monoisotopic (exact) mass is 413 g/mol. The van der Waals surface area contributed by atoms with Gasteiger partial charge < -0.3 is 10.1 Å². The molecule has 29 heavy (non-hydrogen) atoms. The highest BCUT2D eigenvalue weighted by molar-refractivity contribution is 6.37. The topological polar surface area (TPSA) is 56.2 Å². The van der Waals surface area contributed by atoms with Crippen molar-refractivity contribution in [3.8, 4) is 0 Å². The van der Waals surface area contributed by atoms with E-state index in [4.69, 9.17) is 16.3 Å². The third kappa shape index (κ3) is 5.30. The zero-order chi connectivity index (χ0) is 21.2. The molecule has 0 atom stereocenters. The first-order valence-corrected chi connectivity index (χ1v) is 10.1. The smallest absolute Gasteiger partial charge is 0.418 e. The molecule has 154 valence electrons. The van der Waals surface area contributed by atoms with Gasteiger partial charge in [-0.3, -0.25) is 4.57 Å². The van der Waals surface area contributed by atoms with E-state index < -0.39 is 6.09 Å². The first-order valence-electron chi connectivity index (χ1n) is 9.71. The molecule has 0 fully saturated rings. The maximum absolute atomic E-state index is 12.7. The summed E-state index contributed by atoms with van der Waals surface area (Å²) in [7, 11) is 0. The molecule has 0 aliphatic carbocycles. The summed E-state index contributed by atoms with van der Waals surface area (Å²) in [5.74, 6) is 0.663. The average Bonchev–Trinajstić information content (AvgIpc) is 2.96. The highest BCUT2D eigenvalue weighted by atomic mass is 35.5. The van der Waals surface area contributed by atoms with Gasteiger partial charge in [0, 0.05) is 17.9 Å². The molecule has 2 heterocycles. The first kappa shape index (κ1) is 21.2. The normalized spacial score (nSPS) is 12.2. The van der Waals surface area contributed by atoms with E-state index in [2.05, 4.69) is 44.9 Å². The van der Waals surface area contributed by atoms with E-state index >= 15 is 0 Å². The van der Waals surface area contributed by atoms with Gasteiger partial charge in [0.2, 0.25) is 0 Å². The van der Waals surface area contributed by atoms with E-state index in [-0.39, 0.29) is 17.6 Å². The Bertz CT molecular complexity index is 1000. The summed E-state index contributed by atoms with van der Waals surface area (Å²) < 4.78 is 6.90. The van der Waals surface area contributed by atoms with Crippen LogP contribution in [0, 0.1) is 5.41 Å². The van der Waals surface area contributed by atoms with Crippen LogP contribution in [-0.2, 0) is 11.3 Å². The molecule has 2 aromatic heterocycles. The SMILES string of the molecule is CC(C)(C)CC(C)(C)Nc1nccc2c1c(Cl)cn2C(=O)OCc1ccccc1. The zero-order valence-electron chi connectivity index (χ0n) is 17.6. The lowest BCUT2D eigenvalue weighted by molar-refractivity contribution is 0.142. The highest BCUT2D eigenvalue weighted by Gasteiger charge is 2.27. The summed E-state index contributed by atoms with van der Waals surface area (Å²) in [5, 5.41) is 4.68. The van der Waals surface area contributed by atoms with E-state index in [1.807, 2.05) is 30.3 Å². The van der Waals surface area contributed by atoms with E-state index in [1.54, 1.807) is 18.5 Å². The molecule has 0 saturated carbocycles. The van der Waals surface area contributed by atoms with Gasteiger partial charge in [-0.15, -0.1) is 0 Å². The molecule has 1 aromatic carbocycles. The minimum Gasteiger partial charge on any atom is -0.444 e. The van der Waals surface area contributed by atoms with E-state index in [0.717, 1.165) is 12.0 Å². The number of benzene rings is 1. The van der Waals surface area contributed by atoms with Gasteiger partial charge in [0.25, 0.3) is 0 Å². The minimum absolute atomic E-state index is 0.154. The number of carbonyl (C=O) groups excluding carboxylic acids is 1. The molecule has 0 aliphatic rings. The van der Waals surface area contributed by atoms with Crippen LogP contribution < -0.4 is 5.32 Å². The quantitative estimate of drug-likeness (QED) is 0.518. The van der Waals surface area contributed by atoms with Crippen LogP contribution in [0.1, 0.15) is 46.6 Å². The van der Waals surface area contributed by atoms with Crippen LogP contribution in [0.15, 0.2) is 48.8 Å². The van der Waals surface area contributed by atoms with Crippen molar-refractivity contribution >= 4 is 34.4 Å². The fourth-order valence-corrected chi connectivity index (χ4v) is 4.14. The predicted octanol–water partition coefficient (Wildman–Crippen LogP) is 6.50. The number of hydrogen-bond donors (Lipinski definition) is 1. The van der Waals surface area contributed by atoms with Crippen molar-refractivity contribution in [3.63, 3.8) is 0 Å². The molecule has 0 radical (unpaired) electrons. The number of carbonyl (C=O) groups is 1. The van der Waals surface area contributed by atoms with Gasteiger partial charge in [0.1, 0.15) is 12.4 Å². The Balaban J connectivity index is 1.86. The van der Waals surface area contributed by atoms with Gasteiger partial charge in [-0.1, -0.05) is 62.7 Å². The third-order valence-corrected chi connectivity index (χ3v) is 4.79. The fourth-order valence-electron chi connectivity index (χ4n) is 3.86. The van der Waals surface area contributed by atoms with Crippen molar-refractivity contribution in [1.82, 2.24) is 9.55 Å². The van der Waals surface area contributed by atoms with Crippen molar-refractivity contribution in [2.24, 2.45) is 5.41 Å². The largest absolute Gasteiger partial charge is 0.444 e. The standard InChI is InChI=1S/C23H28ClN3O2/c1-22(2,3)15-23(4,5)26-20-19-17(24)13-27(18(19)11-12-25-20)21(28)29-14-16-9-7-6-8-10-16/h6-13H,14-15H2,1-5H3,(H,25,26). The lowest BCUT2D eigenvalue weighted by Crippen LogP contribution is -2.35. The Hall–Kier alpha value is -2.53. The fraction of sp³-hybridized carbons (Fsp3) is 0.391. The molecule has 5 nitrogen and oxygen atoms in total. The van der Waals surface area contributed by atoms with Crippen LogP contribution in [0.25, 0.3) is 10.9 Å². The molecule has 0 spiro atoms. The van der Waals surface area contributed by atoms with Crippen LogP contribution in [0.2, 0.25) is 5.02 Å². The highest BCUT2D eigenvalue weighted by Crippen LogP contribution is 2.35. The number of nitrogens with one attached hydrogen (secondary N) is 1. The minimum atomic E-state index is -0.475. The molecule has 0 unspecified atom stereocenters. The summed E-state index contributed by atoms with van der Waals surface area (Å²) in [6.45, 7) is 11.1. The Morgan fingerprint density at radius 1 is 1.14 bits per heavy atom. The summed E-state index contributed by atoms with van der Waals surface area (Å²) >= 11 is 6.50. The van der Waals surface area contributed by atoms with Gasteiger partial charge in [-0.2, -0.15) is 0 Å². The van der Waals surface area contributed by atoms with Crippen LogP contribution in [0.5, 0.6) is 0 Å². The van der Waals surface area contributed by atoms with Crippen molar-refractivity contribution in [2.75, 3.05) is 5.32 Å². The van der Waals surface area contributed by atoms with Crippen LogP contribution in [-0.4, -0.2) is 21.2 Å². The number of fused-ring (bicyclic) bond motifs is 1. The van der Waals surface area contributed by atoms with Gasteiger partial charge in [-0.25, -0.2) is 9.78 Å². The Morgan fingerprint density at radius 2 is 1.83 bits per heavy atom. The molecule has 0 amide bonds. The molecule has 0 bridgehead atoms. The maximum Gasteiger partial charge on any atom is 0.418 e. The molecule has 0 aliphatic heterocycles. The van der Waals surface area contributed by atoms with Gasteiger partial charge >= 0.3 is 6.09 Å². The number of nitrogens with zero attached hydrogens (tertiary/aromatic N) is 2. The molecule has 3 rings (SSSR count). The van der Waals surface area contributed by atoms with E-state index in [9.17, 15) is 4.79 Å². The number of halogens is 1. The molecular weight excluding hydrogens is 386 g/mol. The third-order valence-electron chi connectivity index (χ3n) is 4.50. The molecule has 0 saturated heterocycles. The van der Waals surface area contributed by atoms with Crippen LogP contribution in [0.3, 0.4) is 0 Å². The number of aromatic nitrogens is 2. The summed E-state index contributed by atoms with van der Waals surface area (Å²) in [6.07, 6.45) is 3.73. The van der Waals surface area contributed by atoms with Crippen molar-refractivity contribution in [3.05, 3.63) is 59.4 Å². The van der Waals surface area contributed by atoms with Crippen LogP contribution >= 0.6 is 11.6 Å². The maximum atomic E-state index is 12.7. The first-order chi connectivity index (χ1) is 13.6. The number of rotatable bonds is 5. The predicted molar refractivity (Wildman–Crippen MR) is 119 cm³/mol. The van der Waals surface area contributed by atoms with Crippen molar-refractivity contribution < 1.29 is 9.53 Å². The molecule has 6 heteroatoms. The van der Waals surface area contributed by atoms with Crippen LogP contribution in [0.4, 0.5) is 10.6 Å². The van der Waals surface area contributed by atoms with E-state index in [1.165, 1.54) is 4.57 Å². The van der Waals surface area contributed by atoms with E-state index in [0.29, 0.717) is 21.7 Å². The Labute approximate surface area is 177 Å². The number of ether oxygens (including phenoxy) is 1. The lowest BCUT2D eigenvalue weighted by Gasteiger charge is -2.34. The molecule has 3 aromatic rings. The summed E-state index contributed by atoms with van der Waals surface area (Å²) in [6, 6.07) is 11.3. The summed E-state index contributed by atoms with van der Waals surface area (Å²) in [5.41, 5.74) is 1.55. The second-order valence-corrected chi connectivity index (χ2v) is 9.59.